The Hall–Kier alpha value is -0.830. The van der Waals surface area contributed by atoms with Gasteiger partial charge >= 0.3 is 0 Å². The standard InChI is InChI=1S/C12H21N3/c1-3-13-12-6-5-10(7-12)11-8-14-15(4-2)9-11/h8-10,12-13H,3-7H2,1-2H3. The summed E-state index contributed by atoms with van der Waals surface area (Å²) in [6, 6.07) is 0.727. The second-order valence-electron chi connectivity index (χ2n) is 4.39. The summed E-state index contributed by atoms with van der Waals surface area (Å²) in [6.07, 6.45) is 8.16. The van der Waals surface area contributed by atoms with Gasteiger partial charge in [-0.05, 0) is 44.2 Å². The third-order valence-electron chi connectivity index (χ3n) is 3.37. The van der Waals surface area contributed by atoms with Crippen LogP contribution in [0.15, 0.2) is 12.4 Å². The summed E-state index contributed by atoms with van der Waals surface area (Å²) in [5, 5.41) is 7.88. The zero-order valence-electron chi connectivity index (χ0n) is 9.74. The molecule has 3 heteroatoms. The Balaban J connectivity index is 1.95. The first kappa shape index (κ1) is 10.7. The smallest absolute Gasteiger partial charge is 0.0524 e. The third-order valence-corrected chi connectivity index (χ3v) is 3.37. The van der Waals surface area contributed by atoms with E-state index in [2.05, 4.69) is 30.5 Å². The van der Waals surface area contributed by atoms with Crippen LogP contribution in [-0.2, 0) is 6.54 Å². The molecule has 0 aliphatic heterocycles. The maximum absolute atomic E-state index is 4.35. The average molecular weight is 207 g/mol. The maximum Gasteiger partial charge on any atom is 0.0524 e. The van der Waals surface area contributed by atoms with Crippen molar-refractivity contribution < 1.29 is 0 Å². The number of rotatable bonds is 4. The van der Waals surface area contributed by atoms with E-state index >= 15 is 0 Å². The third kappa shape index (κ3) is 2.40. The van der Waals surface area contributed by atoms with Crippen LogP contribution >= 0.6 is 0 Å². The first-order valence-electron chi connectivity index (χ1n) is 6.09. The van der Waals surface area contributed by atoms with Gasteiger partial charge in [-0.15, -0.1) is 0 Å². The highest BCUT2D eigenvalue weighted by molar-refractivity contribution is 5.14. The van der Waals surface area contributed by atoms with Gasteiger partial charge < -0.3 is 5.32 Å². The number of nitrogens with zero attached hydrogens (tertiary/aromatic N) is 2. The van der Waals surface area contributed by atoms with E-state index in [4.69, 9.17) is 0 Å². The lowest BCUT2D eigenvalue weighted by molar-refractivity contribution is 0.535. The second kappa shape index (κ2) is 4.79. The minimum atomic E-state index is 0.727. The normalized spacial score (nSPS) is 26.0. The van der Waals surface area contributed by atoms with Gasteiger partial charge in [-0.2, -0.15) is 5.10 Å². The Morgan fingerprint density at radius 2 is 2.33 bits per heavy atom. The second-order valence-corrected chi connectivity index (χ2v) is 4.39. The molecule has 0 radical (unpaired) electrons. The van der Waals surface area contributed by atoms with Gasteiger partial charge in [0.1, 0.15) is 0 Å². The fraction of sp³-hybridized carbons (Fsp3) is 0.750. The number of aromatic nitrogens is 2. The van der Waals surface area contributed by atoms with Crippen molar-refractivity contribution >= 4 is 0 Å². The molecule has 1 aliphatic rings. The van der Waals surface area contributed by atoms with Crippen molar-refractivity contribution in [3.05, 3.63) is 18.0 Å². The summed E-state index contributed by atoms with van der Waals surface area (Å²) in [5.74, 6) is 0.731. The highest BCUT2D eigenvalue weighted by atomic mass is 15.3. The molecule has 0 saturated heterocycles. The molecule has 2 rings (SSSR count). The summed E-state index contributed by atoms with van der Waals surface area (Å²) in [5.41, 5.74) is 1.43. The Kier molecular flexibility index (Phi) is 3.41. The minimum Gasteiger partial charge on any atom is -0.314 e. The SMILES string of the molecule is CCNC1CCC(c2cnn(CC)c2)C1. The molecule has 2 unspecified atom stereocenters. The summed E-state index contributed by atoms with van der Waals surface area (Å²) in [4.78, 5) is 0. The molecule has 0 aromatic carbocycles. The van der Waals surface area contributed by atoms with Gasteiger partial charge in [-0.25, -0.2) is 0 Å². The molecule has 1 aromatic heterocycles. The van der Waals surface area contributed by atoms with E-state index in [1.54, 1.807) is 0 Å². The largest absolute Gasteiger partial charge is 0.314 e. The fourth-order valence-corrected chi connectivity index (χ4v) is 2.52. The topological polar surface area (TPSA) is 29.9 Å². The molecular weight excluding hydrogens is 186 g/mol. The van der Waals surface area contributed by atoms with Gasteiger partial charge in [0.05, 0.1) is 6.20 Å². The molecule has 1 fully saturated rings. The molecular formula is C12H21N3. The highest BCUT2D eigenvalue weighted by Crippen LogP contribution is 2.34. The lowest BCUT2D eigenvalue weighted by Gasteiger charge is -2.10. The predicted octanol–water partition coefficient (Wildman–Crippen LogP) is 2.15. The van der Waals surface area contributed by atoms with Crippen molar-refractivity contribution in [2.24, 2.45) is 0 Å². The molecule has 1 saturated carbocycles. The van der Waals surface area contributed by atoms with Gasteiger partial charge in [0.2, 0.25) is 0 Å². The van der Waals surface area contributed by atoms with Crippen molar-refractivity contribution in [2.45, 2.75) is 51.6 Å². The summed E-state index contributed by atoms with van der Waals surface area (Å²) in [7, 11) is 0. The van der Waals surface area contributed by atoms with Crippen molar-refractivity contribution in [1.82, 2.24) is 15.1 Å². The van der Waals surface area contributed by atoms with E-state index in [1.807, 2.05) is 10.9 Å². The van der Waals surface area contributed by atoms with E-state index in [0.29, 0.717) is 0 Å². The van der Waals surface area contributed by atoms with E-state index in [9.17, 15) is 0 Å². The fourth-order valence-electron chi connectivity index (χ4n) is 2.52. The van der Waals surface area contributed by atoms with Crippen molar-refractivity contribution in [1.29, 1.82) is 0 Å². The van der Waals surface area contributed by atoms with Crippen LogP contribution in [-0.4, -0.2) is 22.4 Å². The Morgan fingerprint density at radius 1 is 1.47 bits per heavy atom. The molecule has 15 heavy (non-hydrogen) atoms. The van der Waals surface area contributed by atoms with Crippen LogP contribution < -0.4 is 5.32 Å². The van der Waals surface area contributed by atoms with Crippen LogP contribution in [0.25, 0.3) is 0 Å². The van der Waals surface area contributed by atoms with Gasteiger partial charge in [-0.1, -0.05) is 6.92 Å². The minimum absolute atomic E-state index is 0.727. The number of aryl methyl sites for hydroxylation is 1. The molecule has 0 bridgehead atoms. The quantitative estimate of drug-likeness (QED) is 0.820. The first-order chi connectivity index (χ1) is 7.33. The number of hydrogen-bond acceptors (Lipinski definition) is 2. The van der Waals surface area contributed by atoms with Crippen LogP contribution in [0.2, 0.25) is 0 Å². The molecule has 84 valence electrons. The van der Waals surface area contributed by atoms with Crippen LogP contribution in [0.5, 0.6) is 0 Å². The summed E-state index contributed by atoms with van der Waals surface area (Å²) in [6.45, 7) is 6.38. The van der Waals surface area contributed by atoms with Gasteiger partial charge in [0.15, 0.2) is 0 Å². The number of hydrogen-bond donors (Lipinski definition) is 1. The van der Waals surface area contributed by atoms with E-state index < -0.39 is 0 Å². The number of nitrogens with one attached hydrogen (secondary N) is 1. The monoisotopic (exact) mass is 207 g/mol. The zero-order valence-corrected chi connectivity index (χ0v) is 9.74. The predicted molar refractivity (Wildman–Crippen MR) is 62.0 cm³/mol. The zero-order chi connectivity index (χ0) is 10.7. The molecule has 0 spiro atoms. The van der Waals surface area contributed by atoms with Crippen LogP contribution in [0.1, 0.15) is 44.6 Å². The van der Waals surface area contributed by atoms with E-state index in [1.165, 1.54) is 24.8 Å². The van der Waals surface area contributed by atoms with Crippen molar-refractivity contribution in [3.8, 4) is 0 Å². The molecule has 1 heterocycles. The first-order valence-corrected chi connectivity index (χ1v) is 6.09. The van der Waals surface area contributed by atoms with Crippen LogP contribution in [0.3, 0.4) is 0 Å². The molecule has 3 nitrogen and oxygen atoms in total. The molecule has 1 aromatic rings. The van der Waals surface area contributed by atoms with Gasteiger partial charge in [-0.3, -0.25) is 4.68 Å². The van der Waals surface area contributed by atoms with Crippen molar-refractivity contribution in [3.63, 3.8) is 0 Å². The van der Waals surface area contributed by atoms with Crippen LogP contribution in [0, 0.1) is 0 Å². The Bertz CT molecular complexity index is 306. The molecule has 0 amide bonds. The van der Waals surface area contributed by atoms with Gasteiger partial charge in [0.25, 0.3) is 0 Å². The lowest BCUT2D eigenvalue weighted by atomic mass is 10.0. The van der Waals surface area contributed by atoms with E-state index in [0.717, 1.165) is 25.0 Å². The summed E-state index contributed by atoms with van der Waals surface area (Å²) < 4.78 is 2.02. The van der Waals surface area contributed by atoms with Gasteiger partial charge in [0, 0.05) is 18.8 Å². The molecule has 1 N–H and O–H groups in total. The van der Waals surface area contributed by atoms with Crippen LogP contribution in [0.4, 0.5) is 0 Å². The Morgan fingerprint density at radius 3 is 3.00 bits per heavy atom. The lowest BCUT2D eigenvalue weighted by Crippen LogP contribution is -2.25. The Labute approximate surface area is 91.9 Å². The summed E-state index contributed by atoms with van der Waals surface area (Å²) >= 11 is 0. The maximum atomic E-state index is 4.35. The van der Waals surface area contributed by atoms with Crippen molar-refractivity contribution in [2.75, 3.05) is 6.54 Å². The van der Waals surface area contributed by atoms with E-state index in [-0.39, 0.29) is 0 Å². The average Bonchev–Trinajstić information content (AvgIpc) is 2.85. The molecule has 2 atom stereocenters. The molecule has 1 aliphatic carbocycles. The highest BCUT2D eigenvalue weighted by Gasteiger charge is 2.25.